The van der Waals surface area contributed by atoms with Gasteiger partial charge in [0.1, 0.15) is 0 Å². The highest BCUT2D eigenvalue weighted by Crippen LogP contribution is 2.75. The number of carbonyl (C=O) groups is 2. The average molecular weight is 567 g/mol. The highest BCUT2D eigenvalue weighted by atomic mass is 35.5. The fourth-order valence-electron chi connectivity index (χ4n) is 6.97. The molecule has 0 heterocycles. The fraction of sp³-hybridized carbons (Fsp3) is 0.724. The van der Waals surface area contributed by atoms with Gasteiger partial charge in [-0.15, -0.1) is 0 Å². The summed E-state index contributed by atoms with van der Waals surface area (Å²) in [5.74, 6) is -0.569. The summed E-state index contributed by atoms with van der Waals surface area (Å²) in [6, 6.07) is 4.62. The molecule has 0 bridgehead atoms. The summed E-state index contributed by atoms with van der Waals surface area (Å²) in [6.45, 7) is 3.98. The van der Waals surface area contributed by atoms with Gasteiger partial charge in [-0.2, -0.15) is 0 Å². The Morgan fingerprint density at radius 1 is 0.974 bits per heavy atom. The van der Waals surface area contributed by atoms with Crippen LogP contribution in [0.4, 0.5) is 0 Å². The fourth-order valence-corrected chi connectivity index (χ4v) is 7.34. The van der Waals surface area contributed by atoms with Gasteiger partial charge in [-0.25, -0.2) is 0 Å². The SMILES string of the molecule is CC(C)CC1(NC(=O)CNC(=O)c2cc(Cl)ccc2Cl)C2CCCCCCCCCCCCCC21B(O)O. The third-order valence-corrected chi connectivity index (χ3v) is 9.25. The summed E-state index contributed by atoms with van der Waals surface area (Å²) in [4.78, 5) is 26.0. The van der Waals surface area contributed by atoms with Gasteiger partial charge < -0.3 is 20.7 Å². The predicted octanol–water partition coefficient (Wildman–Crippen LogP) is 6.55. The number of hydrogen-bond acceptors (Lipinski definition) is 4. The maximum atomic E-state index is 13.3. The molecule has 3 rings (SSSR count). The normalized spacial score (nSPS) is 27.0. The summed E-state index contributed by atoms with van der Waals surface area (Å²) < 4.78 is 0. The molecule has 0 spiro atoms. The minimum Gasteiger partial charge on any atom is -0.427 e. The van der Waals surface area contributed by atoms with E-state index in [0.717, 1.165) is 38.5 Å². The van der Waals surface area contributed by atoms with Crippen molar-refractivity contribution in [2.75, 3.05) is 6.54 Å². The van der Waals surface area contributed by atoms with Crippen LogP contribution in [0.25, 0.3) is 0 Å². The Morgan fingerprint density at radius 2 is 1.55 bits per heavy atom. The van der Waals surface area contributed by atoms with Crippen LogP contribution in [0.2, 0.25) is 15.4 Å². The number of carbonyl (C=O) groups excluding carboxylic acids is 2. The maximum Gasteiger partial charge on any atom is 0.460 e. The van der Waals surface area contributed by atoms with Crippen molar-refractivity contribution >= 4 is 42.1 Å². The van der Waals surface area contributed by atoms with Crippen molar-refractivity contribution in [3.63, 3.8) is 0 Å². The zero-order valence-electron chi connectivity index (χ0n) is 23.0. The molecule has 0 saturated heterocycles. The Hall–Kier alpha value is -1.28. The van der Waals surface area contributed by atoms with Crippen LogP contribution in [0.1, 0.15) is 114 Å². The van der Waals surface area contributed by atoms with E-state index in [1.165, 1.54) is 44.6 Å². The molecule has 3 atom stereocenters. The summed E-state index contributed by atoms with van der Waals surface area (Å²) in [6.07, 6.45) is 15.0. The van der Waals surface area contributed by atoms with E-state index in [1.807, 2.05) is 0 Å². The molecule has 212 valence electrons. The Kier molecular flexibility index (Phi) is 11.8. The van der Waals surface area contributed by atoms with Crippen molar-refractivity contribution < 1.29 is 19.6 Å². The number of rotatable bonds is 7. The number of hydrogen-bond donors (Lipinski definition) is 4. The van der Waals surface area contributed by atoms with Gasteiger partial charge in [-0.1, -0.05) is 108 Å². The Morgan fingerprint density at radius 3 is 2.13 bits per heavy atom. The monoisotopic (exact) mass is 566 g/mol. The van der Waals surface area contributed by atoms with Crippen LogP contribution >= 0.6 is 23.2 Å². The van der Waals surface area contributed by atoms with Crippen LogP contribution in [-0.4, -0.2) is 41.1 Å². The van der Waals surface area contributed by atoms with Crippen LogP contribution in [-0.2, 0) is 4.79 Å². The molecule has 3 unspecified atom stereocenters. The highest BCUT2D eigenvalue weighted by molar-refractivity contribution is 6.48. The van der Waals surface area contributed by atoms with E-state index < -0.39 is 23.9 Å². The minimum absolute atomic E-state index is 0.00967. The van der Waals surface area contributed by atoms with Gasteiger partial charge in [-0.3, -0.25) is 9.59 Å². The predicted molar refractivity (Wildman–Crippen MR) is 156 cm³/mol. The Balaban J connectivity index is 1.77. The largest absolute Gasteiger partial charge is 0.460 e. The molecule has 2 aliphatic carbocycles. The lowest BCUT2D eigenvalue weighted by Crippen LogP contribution is -2.48. The summed E-state index contributed by atoms with van der Waals surface area (Å²) >= 11 is 12.2. The van der Waals surface area contributed by atoms with Gasteiger partial charge in [-0.05, 0) is 49.3 Å². The van der Waals surface area contributed by atoms with Crippen molar-refractivity contribution in [3.8, 4) is 0 Å². The molecule has 6 nitrogen and oxygen atoms in total. The summed E-state index contributed by atoms with van der Waals surface area (Å²) in [5, 5.41) is 27.4. The lowest BCUT2D eigenvalue weighted by molar-refractivity contribution is -0.121. The molecule has 9 heteroatoms. The first-order valence-corrected chi connectivity index (χ1v) is 15.3. The van der Waals surface area contributed by atoms with Crippen LogP contribution in [0.5, 0.6) is 0 Å². The lowest BCUT2D eigenvalue weighted by atomic mass is 9.61. The van der Waals surface area contributed by atoms with E-state index >= 15 is 0 Å². The van der Waals surface area contributed by atoms with Crippen LogP contribution in [0.15, 0.2) is 18.2 Å². The van der Waals surface area contributed by atoms with Gasteiger partial charge in [0, 0.05) is 15.9 Å². The molecule has 0 aromatic heterocycles. The number of halogens is 2. The first kappa shape index (κ1) is 31.3. The van der Waals surface area contributed by atoms with Crippen molar-refractivity contribution in [3.05, 3.63) is 33.8 Å². The standard InChI is InChI=1S/C29H45BCl2N2O4/c1-21(2)19-29(34-26(35)20-33-27(36)23-18-22(31)15-16-24(23)32)25-14-12-10-8-6-4-3-5-7-9-11-13-17-28(25,29)30(37)38/h15-16,18,21,25,37-38H,3-14,17,19-20H2,1-2H3,(H,33,36)(H,34,35). The lowest BCUT2D eigenvalue weighted by Gasteiger charge is -2.28. The molecule has 38 heavy (non-hydrogen) atoms. The Labute approximate surface area is 238 Å². The van der Waals surface area contributed by atoms with E-state index in [-0.39, 0.29) is 34.9 Å². The smallest absolute Gasteiger partial charge is 0.427 e. The second-order valence-corrected chi connectivity index (χ2v) is 12.7. The van der Waals surface area contributed by atoms with Gasteiger partial charge in [0.25, 0.3) is 5.91 Å². The molecule has 2 amide bonds. The zero-order valence-corrected chi connectivity index (χ0v) is 24.5. The van der Waals surface area contributed by atoms with Crippen molar-refractivity contribution in [2.24, 2.45) is 11.8 Å². The van der Waals surface area contributed by atoms with Gasteiger partial charge >= 0.3 is 7.12 Å². The highest BCUT2D eigenvalue weighted by Gasteiger charge is 2.79. The maximum absolute atomic E-state index is 13.3. The first-order valence-electron chi connectivity index (χ1n) is 14.5. The van der Waals surface area contributed by atoms with Crippen molar-refractivity contribution in [1.82, 2.24) is 10.6 Å². The van der Waals surface area contributed by atoms with Gasteiger partial charge in [0.05, 0.1) is 17.1 Å². The number of fused-ring (bicyclic) bond motifs is 1. The molecule has 0 radical (unpaired) electrons. The summed E-state index contributed by atoms with van der Waals surface area (Å²) in [5.41, 5.74) is -0.497. The zero-order chi connectivity index (χ0) is 27.8. The number of benzene rings is 1. The van der Waals surface area contributed by atoms with Crippen LogP contribution in [0.3, 0.4) is 0 Å². The van der Waals surface area contributed by atoms with Crippen molar-refractivity contribution in [1.29, 1.82) is 0 Å². The second-order valence-electron chi connectivity index (χ2n) is 11.8. The molecule has 4 N–H and O–H groups in total. The average Bonchev–Trinajstić information content (AvgIpc) is 3.39. The van der Waals surface area contributed by atoms with Gasteiger partial charge in [0.15, 0.2) is 0 Å². The number of nitrogens with one attached hydrogen (secondary N) is 2. The van der Waals surface area contributed by atoms with E-state index in [9.17, 15) is 19.6 Å². The van der Waals surface area contributed by atoms with Gasteiger partial charge in [0.2, 0.25) is 5.91 Å². The van der Waals surface area contributed by atoms with E-state index in [0.29, 0.717) is 17.9 Å². The van der Waals surface area contributed by atoms with E-state index in [2.05, 4.69) is 24.5 Å². The molecule has 1 aromatic rings. The summed E-state index contributed by atoms with van der Waals surface area (Å²) in [7, 11) is -1.51. The third kappa shape index (κ3) is 7.47. The third-order valence-electron chi connectivity index (χ3n) is 8.68. The molecule has 2 aliphatic rings. The van der Waals surface area contributed by atoms with Crippen molar-refractivity contribution in [2.45, 2.75) is 115 Å². The number of amides is 2. The minimum atomic E-state index is -1.51. The molecular weight excluding hydrogens is 522 g/mol. The van der Waals surface area contributed by atoms with Crippen LogP contribution in [0, 0.1) is 11.8 Å². The topological polar surface area (TPSA) is 98.7 Å². The van der Waals surface area contributed by atoms with Crippen LogP contribution < -0.4 is 10.6 Å². The second kappa shape index (κ2) is 14.4. The van der Waals surface area contributed by atoms with E-state index in [1.54, 1.807) is 12.1 Å². The molecular formula is C29H45BCl2N2O4. The first-order chi connectivity index (χ1) is 18.1. The molecule has 2 saturated carbocycles. The molecule has 0 aliphatic heterocycles. The molecule has 2 fully saturated rings. The van der Waals surface area contributed by atoms with E-state index in [4.69, 9.17) is 23.2 Å². The Bertz CT molecular complexity index is 947. The quantitative estimate of drug-likeness (QED) is 0.281. The molecule has 1 aromatic carbocycles.